The molecule has 0 spiro atoms. The van der Waals surface area contributed by atoms with E-state index >= 15 is 0 Å². The highest BCUT2D eigenvalue weighted by atomic mass is 16.5. The van der Waals surface area contributed by atoms with E-state index in [-0.39, 0.29) is 0 Å². The largest absolute Gasteiger partial charge is 0.492 e. The number of hydrogen-bond donors (Lipinski definition) is 2. The minimum absolute atomic E-state index is 0.417. The van der Waals surface area contributed by atoms with E-state index in [1.165, 1.54) is 0 Å². The summed E-state index contributed by atoms with van der Waals surface area (Å²) >= 11 is 0. The Hall–Kier alpha value is -1.55. The Kier molecular flexibility index (Phi) is 4.12. The molecule has 1 aromatic carbocycles. The van der Waals surface area contributed by atoms with Gasteiger partial charge in [-0.2, -0.15) is 0 Å². The fourth-order valence-corrected chi connectivity index (χ4v) is 1.23. The fourth-order valence-electron chi connectivity index (χ4n) is 1.23. The van der Waals surface area contributed by atoms with Crippen LogP contribution in [-0.4, -0.2) is 26.1 Å². The fraction of sp³-hybridized carbons (Fsp3) is 0.364. The molecule has 0 aliphatic heterocycles. The van der Waals surface area contributed by atoms with Gasteiger partial charge in [0.25, 0.3) is 0 Å². The third-order valence-corrected chi connectivity index (χ3v) is 2.07. The minimum atomic E-state index is -0.417. The van der Waals surface area contributed by atoms with Crippen LogP contribution in [-0.2, 0) is 0 Å². The summed E-state index contributed by atoms with van der Waals surface area (Å²) in [6, 6.07) is 5.17. The number of ether oxygens (including phenoxy) is 1. The second-order valence-electron chi connectivity index (χ2n) is 3.30. The number of nitrogens with two attached hydrogens (primary N) is 1. The van der Waals surface area contributed by atoms with Gasteiger partial charge in [0.1, 0.15) is 12.4 Å². The Morgan fingerprint density at radius 3 is 2.80 bits per heavy atom. The van der Waals surface area contributed by atoms with Crippen molar-refractivity contribution >= 4 is 5.91 Å². The van der Waals surface area contributed by atoms with Gasteiger partial charge in [0, 0.05) is 12.1 Å². The van der Waals surface area contributed by atoms with Crippen LogP contribution in [0.25, 0.3) is 0 Å². The Bertz CT molecular complexity index is 350. The molecular weight excluding hydrogens is 192 g/mol. The van der Waals surface area contributed by atoms with Gasteiger partial charge in [-0.25, -0.2) is 0 Å². The van der Waals surface area contributed by atoms with Crippen LogP contribution in [0.15, 0.2) is 18.2 Å². The third-order valence-electron chi connectivity index (χ3n) is 2.07. The molecule has 4 nitrogen and oxygen atoms in total. The maximum atomic E-state index is 10.9. The zero-order chi connectivity index (χ0) is 11.3. The maximum absolute atomic E-state index is 10.9. The monoisotopic (exact) mass is 208 g/mol. The minimum Gasteiger partial charge on any atom is -0.492 e. The zero-order valence-corrected chi connectivity index (χ0v) is 9.04. The summed E-state index contributed by atoms with van der Waals surface area (Å²) in [6.07, 6.45) is 0. The summed E-state index contributed by atoms with van der Waals surface area (Å²) in [5, 5.41) is 2.99. The first-order chi connectivity index (χ1) is 7.15. The zero-order valence-electron chi connectivity index (χ0n) is 9.04. The van der Waals surface area contributed by atoms with Crippen molar-refractivity contribution in [3.63, 3.8) is 0 Å². The van der Waals surface area contributed by atoms with Crippen molar-refractivity contribution in [1.82, 2.24) is 5.32 Å². The van der Waals surface area contributed by atoms with Crippen molar-refractivity contribution in [1.29, 1.82) is 0 Å². The summed E-state index contributed by atoms with van der Waals surface area (Å²) < 4.78 is 5.50. The van der Waals surface area contributed by atoms with Crippen LogP contribution in [0.1, 0.15) is 15.9 Å². The molecule has 0 fully saturated rings. The van der Waals surface area contributed by atoms with Crippen LogP contribution in [0.4, 0.5) is 0 Å². The van der Waals surface area contributed by atoms with Crippen molar-refractivity contribution in [2.75, 3.05) is 20.2 Å². The number of likely N-dealkylation sites (N-methyl/N-ethyl adjacent to an activating group) is 1. The second kappa shape index (κ2) is 5.36. The normalized spacial score (nSPS) is 10.0. The molecule has 1 aromatic rings. The van der Waals surface area contributed by atoms with Crippen LogP contribution < -0.4 is 15.8 Å². The number of nitrogens with one attached hydrogen (secondary N) is 1. The second-order valence-corrected chi connectivity index (χ2v) is 3.30. The van der Waals surface area contributed by atoms with Crippen LogP contribution in [0.3, 0.4) is 0 Å². The molecule has 0 saturated heterocycles. The molecule has 1 rings (SSSR count). The van der Waals surface area contributed by atoms with Crippen molar-refractivity contribution in [3.05, 3.63) is 29.3 Å². The summed E-state index contributed by atoms with van der Waals surface area (Å²) in [6.45, 7) is 3.28. The van der Waals surface area contributed by atoms with Gasteiger partial charge in [-0.15, -0.1) is 0 Å². The van der Waals surface area contributed by atoms with Gasteiger partial charge in [-0.3, -0.25) is 4.79 Å². The number of amides is 1. The number of benzene rings is 1. The molecule has 0 bridgehead atoms. The standard InChI is InChI=1S/C11H16N2O2/c1-8-7-9(11(12)14)3-4-10(8)15-6-5-13-2/h3-4,7,13H,5-6H2,1-2H3,(H2,12,14). The molecule has 0 aromatic heterocycles. The van der Waals surface area contributed by atoms with Crippen molar-refractivity contribution in [3.8, 4) is 5.75 Å². The smallest absolute Gasteiger partial charge is 0.248 e. The summed E-state index contributed by atoms with van der Waals surface area (Å²) in [7, 11) is 1.87. The first-order valence-corrected chi connectivity index (χ1v) is 4.83. The number of carbonyl (C=O) groups excluding carboxylic acids is 1. The van der Waals surface area contributed by atoms with Gasteiger partial charge < -0.3 is 15.8 Å². The molecule has 0 atom stereocenters. The Labute approximate surface area is 89.4 Å². The van der Waals surface area contributed by atoms with Gasteiger partial charge in [-0.1, -0.05) is 0 Å². The quantitative estimate of drug-likeness (QED) is 0.700. The van der Waals surface area contributed by atoms with Crippen molar-refractivity contribution in [2.24, 2.45) is 5.73 Å². The first kappa shape index (κ1) is 11.5. The van der Waals surface area contributed by atoms with Gasteiger partial charge in [0.2, 0.25) is 5.91 Å². The Morgan fingerprint density at radius 1 is 1.53 bits per heavy atom. The van der Waals surface area contributed by atoms with E-state index in [9.17, 15) is 4.79 Å². The highest BCUT2D eigenvalue weighted by molar-refractivity contribution is 5.93. The van der Waals surface area contributed by atoms with Crippen molar-refractivity contribution < 1.29 is 9.53 Å². The predicted octanol–water partition coefficient (Wildman–Crippen LogP) is 0.692. The highest BCUT2D eigenvalue weighted by Gasteiger charge is 2.04. The highest BCUT2D eigenvalue weighted by Crippen LogP contribution is 2.18. The van der Waals surface area contributed by atoms with E-state index in [2.05, 4.69) is 5.32 Å². The number of primary amides is 1. The van der Waals surface area contributed by atoms with Crippen LogP contribution in [0.2, 0.25) is 0 Å². The van der Waals surface area contributed by atoms with E-state index in [1.54, 1.807) is 18.2 Å². The number of aryl methyl sites for hydroxylation is 1. The molecule has 1 amide bonds. The van der Waals surface area contributed by atoms with E-state index in [1.807, 2.05) is 14.0 Å². The third kappa shape index (κ3) is 3.25. The lowest BCUT2D eigenvalue weighted by Crippen LogP contribution is -2.16. The van der Waals surface area contributed by atoms with E-state index < -0.39 is 5.91 Å². The van der Waals surface area contributed by atoms with Crippen molar-refractivity contribution in [2.45, 2.75) is 6.92 Å². The average Bonchev–Trinajstić information content (AvgIpc) is 2.20. The van der Waals surface area contributed by atoms with Crippen LogP contribution in [0, 0.1) is 6.92 Å². The van der Waals surface area contributed by atoms with Crippen LogP contribution in [0.5, 0.6) is 5.75 Å². The molecule has 15 heavy (non-hydrogen) atoms. The molecule has 0 aliphatic carbocycles. The first-order valence-electron chi connectivity index (χ1n) is 4.83. The van der Waals surface area contributed by atoms with E-state index in [0.29, 0.717) is 12.2 Å². The molecule has 0 unspecified atom stereocenters. The summed E-state index contributed by atoms with van der Waals surface area (Å²) in [5.41, 5.74) is 6.59. The molecule has 3 N–H and O–H groups in total. The Balaban J connectivity index is 2.70. The SMILES string of the molecule is CNCCOc1ccc(C(N)=O)cc1C. The molecule has 0 aliphatic rings. The Morgan fingerprint density at radius 2 is 2.27 bits per heavy atom. The van der Waals surface area contributed by atoms with Crippen LogP contribution >= 0.6 is 0 Å². The van der Waals surface area contributed by atoms with Gasteiger partial charge in [0.15, 0.2) is 0 Å². The summed E-state index contributed by atoms with van der Waals surface area (Å²) in [4.78, 5) is 10.9. The predicted molar refractivity (Wildman–Crippen MR) is 59.1 cm³/mol. The van der Waals surface area contributed by atoms with Gasteiger partial charge in [0.05, 0.1) is 0 Å². The van der Waals surface area contributed by atoms with E-state index in [4.69, 9.17) is 10.5 Å². The van der Waals surface area contributed by atoms with Gasteiger partial charge >= 0.3 is 0 Å². The number of carbonyl (C=O) groups is 1. The molecule has 0 saturated carbocycles. The lowest BCUT2D eigenvalue weighted by molar-refractivity contribution is 0.1000. The lowest BCUT2D eigenvalue weighted by atomic mass is 10.1. The molecule has 0 radical (unpaired) electrons. The molecular formula is C11H16N2O2. The van der Waals surface area contributed by atoms with Gasteiger partial charge in [-0.05, 0) is 37.7 Å². The number of rotatable bonds is 5. The molecule has 82 valence electrons. The molecule has 4 heteroatoms. The maximum Gasteiger partial charge on any atom is 0.248 e. The lowest BCUT2D eigenvalue weighted by Gasteiger charge is -2.09. The summed E-state index contributed by atoms with van der Waals surface area (Å²) in [5.74, 6) is 0.370. The topological polar surface area (TPSA) is 64.3 Å². The average molecular weight is 208 g/mol. The number of hydrogen-bond acceptors (Lipinski definition) is 3. The molecule has 0 heterocycles. The van der Waals surface area contributed by atoms with E-state index in [0.717, 1.165) is 17.9 Å².